The number of nitro benzene ring substituents is 1. The standard InChI is InChI=1S/C12H9BrN4O4/c13-9-5-11(17(20)21)12(15-7-9)14-6-8-3-1-2-4-10(8)16(18)19/h1-5,7H,6H2,(H,14,15). The summed E-state index contributed by atoms with van der Waals surface area (Å²) >= 11 is 3.11. The molecule has 0 unspecified atom stereocenters. The number of hydrogen-bond acceptors (Lipinski definition) is 6. The molecule has 21 heavy (non-hydrogen) atoms. The maximum absolute atomic E-state index is 11.0. The molecule has 1 aromatic heterocycles. The Morgan fingerprint density at radius 2 is 1.81 bits per heavy atom. The summed E-state index contributed by atoms with van der Waals surface area (Å²) in [6.07, 6.45) is 1.41. The summed E-state index contributed by atoms with van der Waals surface area (Å²) in [6.45, 7) is 0.0621. The van der Waals surface area contributed by atoms with E-state index >= 15 is 0 Å². The zero-order valence-electron chi connectivity index (χ0n) is 10.5. The Balaban J connectivity index is 2.25. The number of anilines is 1. The monoisotopic (exact) mass is 352 g/mol. The highest BCUT2D eigenvalue weighted by atomic mass is 79.9. The first-order valence-electron chi connectivity index (χ1n) is 5.75. The molecule has 1 heterocycles. The summed E-state index contributed by atoms with van der Waals surface area (Å²) < 4.78 is 0.477. The van der Waals surface area contributed by atoms with Crippen molar-refractivity contribution >= 4 is 33.1 Å². The molecule has 0 fully saturated rings. The van der Waals surface area contributed by atoms with E-state index in [1.165, 1.54) is 18.3 Å². The number of aromatic nitrogens is 1. The lowest BCUT2D eigenvalue weighted by Gasteiger charge is -2.07. The number of hydrogen-bond donors (Lipinski definition) is 1. The number of para-hydroxylation sites is 1. The third kappa shape index (κ3) is 3.51. The fraction of sp³-hybridized carbons (Fsp3) is 0.0833. The van der Waals surface area contributed by atoms with E-state index in [1.54, 1.807) is 18.2 Å². The molecule has 0 aliphatic heterocycles. The minimum Gasteiger partial charge on any atom is -0.360 e. The number of pyridine rings is 1. The molecule has 9 heteroatoms. The largest absolute Gasteiger partial charge is 0.360 e. The first-order chi connectivity index (χ1) is 9.99. The van der Waals surface area contributed by atoms with Crippen LogP contribution < -0.4 is 5.32 Å². The van der Waals surface area contributed by atoms with Crippen molar-refractivity contribution in [3.05, 3.63) is 66.8 Å². The van der Waals surface area contributed by atoms with Gasteiger partial charge in [-0.1, -0.05) is 18.2 Å². The quantitative estimate of drug-likeness (QED) is 0.652. The average Bonchev–Trinajstić information content (AvgIpc) is 2.46. The molecule has 0 amide bonds. The van der Waals surface area contributed by atoms with Crippen molar-refractivity contribution in [2.45, 2.75) is 6.54 Å². The first-order valence-corrected chi connectivity index (χ1v) is 6.54. The van der Waals surface area contributed by atoms with E-state index in [9.17, 15) is 20.2 Å². The van der Waals surface area contributed by atoms with Crippen LogP contribution in [0.2, 0.25) is 0 Å². The maximum Gasteiger partial charge on any atom is 0.312 e. The molecule has 0 spiro atoms. The normalized spacial score (nSPS) is 10.1. The smallest absolute Gasteiger partial charge is 0.312 e. The Labute approximate surface area is 127 Å². The number of nitrogens with zero attached hydrogens (tertiary/aromatic N) is 3. The molecule has 0 aliphatic carbocycles. The molecule has 2 rings (SSSR count). The van der Waals surface area contributed by atoms with Crippen molar-refractivity contribution in [2.24, 2.45) is 0 Å². The summed E-state index contributed by atoms with van der Waals surface area (Å²) in [5.41, 5.74) is 0.161. The second-order valence-electron chi connectivity index (χ2n) is 4.02. The Morgan fingerprint density at radius 1 is 1.14 bits per heavy atom. The fourth-order valence-corrected chi connectivity index (χ4v) is 2.04. The van der Waals surface area contributed by atoms with Crippen LogP contribution in [0.15, 0.2) is 41.0 Å². The van der Waals surface area contributed by atoms with Gasteiger partial charge >= 0.3 is 5.69 Å². The number of nitro groups is 2. The fourth-order valence-electron chi connectivity index (χ4n) is 1.72. The van der Waals surface area contributed by atoms with Gasteiger partial charge in [-0.25, -0.2) is 4.98 Å². The van der Waals surface area contributed by atoms with E-state index in [0.29, 0.717) is 10.0 Å². The molecule has 2 aromatic rings. The van der Waals surface area contributed by atoms with Crippen molar-refractivity contribution in [3.63, 3.8) is 0 Å². The third-order valence-electron chi connectivity index (χ3n) is 2.67. The summed E-state index contributed by atoms with van der Waals surface area (Å²) in [6, 6.07) is 7.49. The van der Waals surface area contributed by atoms with Gasteiger partial charge in [0.25, 0.3) is 5.69 Å². The maximum atomic E-state index is 11.0. The highest BCUT2D eigenvalue weighted by molar-refractivity contribution is 9.10. The predicted octanol–water partition coefficient (Wildman–Crippen LogP) is 3.27. The zero-order valence-corrected chi connectivity index (χ0v) is 12.1. The molecule has 0 bridgehead atoms. The zero-order chi connectivity index (χ0) is 15.4. The van der Waals surface area contributed by atoms with E-state index in [1.807, 2.05) is 0 Å². The number of benzene rings is 1. The van der Waals surface area contributed by atoms with Crippen LogP contribution in [-0.2, 0) is 6.54 Å². The van der Waals surface area contributed by atoms with Gasteiger partial charge < -0.3 is 5.32 Å². The minimum atomic E-state index is -0.570. The SMILES string of the molecule is O=[N+]([O-])c1ccccc1CNc1ncc(Br)cc1[N+](=O)[O-]. The van der Waals surface area contributed by atoms with Crippen LogP contribution in [-0.4, -0.2) is 14.8 Å². The van der Waals surface area contributed by atoms with Gasteiger partial charge in [0.15, 0.2) is 0 Å². The predicted molar refractivity (Wildman–Crippen MR) is 79.0 cm³/mol. The second kappa shape index (κ2) is 6.27. The van der Waals surface area contributed by atoms with E-state index in [0.717, 1.165) is 0 Å². The van der Waals surface area contributed by atoms with Gasteiger partial charge in [0.2, 0.25) is 5.82 Å². The van der Waals surface area contributed by atoms with Gasteiger partial charge in [0.1, 0.15) is 0 Å². The number of nitrogens with one attached hydrogen (secondary N) is 1. The molecule has 0 atom stereocenters. The van der Waals surface area contributed by atoms with Gasteiger partial charge in [-0.2, -0.15) is 0 Å². The van der Waals surface area contributed by atoms with Crippen LogP contribution in [0, 0.1) is 20.2 Å². The van der Waals surface area contributed by atoms with E-state index < -0.39 is 9.85 Å². The molecule has 8 nitrogen and oxygen atoms in total. The van der Waals surface area contributed by atoms with Crippen molar-refractivity contribution in [3.8, 4) is 0 Å². The molecule has 0 saturated heterocycles. The lowest BCUT2D eigenvalue weighted by atomic mass is 10.2. The highest BCUT2D eigenvalue weighted by Gasteiger charge is 2.17. The van der Waals surface area contributed by atoms with Crippen LogP contribution in [0.3, 0.4) is 0 Å². The van der Waals surface area contributed by atoms with Crippen molar-refractivity contribution in [1.82, 2.24) is 4.98 Å². The average molecular weight is 353 g/mol. The molecular formula is C12H9BrN4O4. The minimum absolute atomic E-state index is 0.0511. The summed E-state index contributed by atoms with van der Waals surface area (Å²) in [4.78, 5) is 24.7. The van der Waals surface area contributed by atoms with Gasteiger partial charge in [0.05, 0.1) is 9.85 Å². The first kappa shape index (κ1) is 14.9. The molecule has 0 saturated carbocycles. The summed E-state index contributed by atoms with van der Waals surface area (Å²) in [7, 11) is 0. The molecule has 1 aromatic carbocycles. The number of rotatable bonds is 5. The van der Waals surface area contributed by atoms with Gasteiger partial charge in [-0.15, -0.1) is 0 Å². The molecule has 0 aliphatic rings. The third-order valence-corrected chi connectivity index (χ3v) is 3.10. The highest BCUT2D eigenvalue weighted by Crippen LogP contribution is 2.26. The van der Waals surface area contributed by atoms with Crippen molar-refractivity contribution < 1.29 is 9.85 Å². The van der Waals surface area contributed by atoms with E-state index in [2.05, 4.69) is 26.2 Å². The second-order valence-corrected chi connectivity index (χ2v) is 4.93. The Hall–Kier alpha value is -2.55. The Bertz CT molecular complexity index is 707. The van der Waals surface area contributed by atoms with Crippen LogP contribution >= 0.6 is 15.9 Å². The molecule has 1 N–H and O–H groups in total. The lowest BCUT2D eigenvalue weighted by Crippen LogP contribution is -2.06. The van der Waals surface area contributed by atoms with E-state index in [-0.39, 0.29) is 23.7 Å². The van der Waals surface area contributed by atoms with Gasteiger partial charge in [-0.05, 0) is 15.9 Å². The van der Waals surface area contributed by atoms with Crippen LogP contribution in [0.25, 0.3) is 0 Å². The van der Waals surface area contributed by atoms with Gasteiger partial charge in [-0.3, -0.25) is 20.2 Å². The molecule has 108 valence electrons. The van der Waals surface area contributed by atoms with E-state index in [4.69, 9.17) is 0 Å². The summed E-state index contributed by atoms with van der Waals surface area (Å²) in [5, 5.41) is 24.6. The van der Waals surface area contributed by atoms with Crippen molar-refractivity contribution in [2.75, 3.05) is 5.32 Å². The van der Waals surface area contributed by atoms with Crippen molar-refractivity contribution in [1.29, 1.82) is 0 Å². The molecule has 0 radical (unpaired) electrons. The van der Waals surface area contributed by atoms with Gasteiger partial charge in [0, 0.05) is 34.9 Å². The van der Waals surface area contributed by atoms with Crippen LogP contribution in [0.1, 0.15) is 5.56 Å². The Morgan fingerprint density at radius 3 is 2.48 bits per heavy atom. The Kier molecular flexibility index (Phi) is 4.43. The molecular weight excluding hydrogens is 344 g/mol. The topological polar surface area (TPSA) is 111 Å². The van der Waals surface area contributed by atoms with Crippen LogP contribution in [0.5, 0.6) is 0 Å². The van der Waals surface area contributed by atoms with Crippen LogP contribution in [0.4, 0.5) is 17.2 Å². The lowest BCUT2D eigenvalue weighted by molar-refractivity contribution is -0.385. The number of halogens is 1. The summed E-state index contributed by atoms with van der Waals surface area (Å²) in [5.74, 6) is 0.0568.